The molecule has 0 saturated heterocycles. The second-order valence-corrected chi connectivity index (χ2v) is 18.8. The third kappa shape index (κ3) is 24.0. The van der Waals surface area contributed by atoms with E-state index in [0.29, 0.717) is 0 Å². The monoisotopic (exact) mass is 801 g/mol. The Hall–Kier alpha value is -1.60. The van der Waals surface area contributed by atoms with Gasteiger partial charge in [-0.2, -0.15) is 0 Å². The van der Waals surface area contributed by atoms with Gasteiger partial charge in [0.05, 0.1) is 0 Å². The highest BCUT2D eigenvalue weighted by molar-refractivity contribution is 5.48. The van der Waals surface area contributed by atoms with Crippen molar-refractivity contribution in [2.24, 2.45) is 0 Å². The standard InChI is InChI=1S/C57H100O/c1-5-9-13-17-21-25-29-33-38-44-52-49-50-56(57(58,53-45-39-37-40-46-53)51-43-36-32-28-24-20-16-12-8-4)55(48-42-35-31-27-23-19-15-11-7-3)54(52)47-41-34-30-26-22-18-14-10-6-2/h37,39-40,45-46,49-50,58H,5-36,38,41-44,47-48,51H2,1-4H3. The molecule has 1 N–H and O–H groups in total. The summed E-state index contributed by atoms with van der Waals surface area (Å²) in [6.07, 6.45) is 53.2. The summed E-state index contributed by atoms with van der Waals surface area (Å²) in [6.45, 7) is 9.26. The molecule has 1 heteroatoms. The molecule has 1 unspecified atom stereocenters. The minimum atomic E-state index is -0.930. The first-order chi connectivity index (χ1) is 28.6. The van der Waals surface area contributed by atoms with E-state index >= 15 is 0 Å². The van der Waals surface area contributed by atoms with Crippen molar-refractivity contribution in [2.45, 2.75) is 290 Å². The molecule has 0 aliphatic rings. The third-order valence-electron chi connectivity index (χ3n) is 13.5. The number of unbranched alkanes of at least 4 members (excludes halogenated alkanes) is 32. The molecule has 0 spiro atoms. The molecular formula is C57H100O. The lowest BCUT2D eigenvalue weighted by Crippen LogP contribution is -2.30. The lowest BCUT2D eigenvalue weighted by atomic mass is 9.76. The minimum Gasteiger partial charge on any atom is -0.380 e. The smallest absolute Gasteiger partial charge is 0.115 e. The fourth-order valence-electron chi connectivity index (χ4n) is 9.65. The highest BCUT2D eigenvalue weighted by Crippen LogP contribution is 2.40. The Morgan fingerprint density at radius 1 is 0.328 bits per heavy atom. The van der Waals surface area contributed by atoms with Gasteiger partial charge in [0.1, 0.15) is 5.60 Å². The minimum absolute atomic E-state index is 0.826. The summed E-state index contributed by atoms with van der Waals surface area (Å²) >= 11 is 0. The van der Waals surface area contributed by atoms with Crippen LogP contribution in [-0.2, 0) is 24.9 Å². The molecule has 2 aromatic carbocycles. The van der Waals surface area contributed by atoms with Crippen LogP contribution < -0.4 is 0 Å². The van der Waals surface area contributed by atoms with Gasteiger partial charge in [-0.15, -0.1) is 0 Å². The van der Waals surface area contributed by atoms with Crippen LogP contribution in [0.25, 0.3) is 0 Å². The summed E-state index contributed by atoms with van der Waals surface area (Å²) in [4.78, 5) is 0. The second-order valence-electron chi connectivity index (χ2n) is 18.8. The average molecular weight is 801 g/mol. The zero-order valence-electron chi connectivity index (χ0n) is 39.8. The van der Waals surface area contributed by atoms with Gasteiger partial charge in [0.15, 0.2) is 0 Å². The maximum Gasteiger partial charge on any atom is 0.115 e. The topological polar surface area (TPSA) is 20.2 Å². The van der Waals surface area contributed by atoms with Crippen molar-refractivity contribution in [2.75, 3.05) is 0 Å². The first-order valence-corrected chi connectivity index (χ1v) is 26.5. The van der Waals surface area contributed by atoms with E-state index < -0.39 is 5.60 Å². The molecule has 0 heterocycles. The molecule has 2 rings (SSSR count). The highest BCUT2D eigenvalue weighted by Gasteiger charge is 2.34. The van der Waals surface area contributed by atoms with E-state index in [1.54, 1.807) is 16.7 Å². The summed E-state index contributed by atoms with van der Waals surface area (Å²) in [5, 5.41) is 13.2. The van der Waals surface area contributed by atoms with E-state index in [2.05, 4.69) is 70.2 Å². The predicted octanol–water partition coefficient (Wildman–Crippen LogP) is 19.1. The van der Waals surface area contributed by atoms with Gasteiger partial charge in [0.2, 0.25) is 0 Å². The molecule has 0 fully saturated rings. The molecule has 0 amide bonds. The van der Waals surface area contributed by atoms with E-state index in [9.17, 15) is 5.11 Å². The summed E-state index contributed by atoms with van der Waals surface area (Å²) < 4.78 is 0. The fourth-order valence-corrected chi connectivity index (χ4v) is 9.65. The van der Waals surface area contributed by atoms with Gasteiger partial charge in [-0.3, -0.25) is 0 Å². The molecule has 1 nitrogen and oxygen atoms in total. The van der Waals surface area contributed by atoms with Crippen LogP contribution in [-0.4, -0.2) is 5.11 Å². The molecule has 0 bridgehead atoms. The molecule has 0 aliphatic carbocycles. The summed E-state index contributed by atoms with van der Waals surface area (Å²) in [7, 11) is 0. The van der Waals surface area contributed by atoms with E-state index in [4.69, 9.17) is 0 Å². The fraction of sp³-hybridized carbons (Fsp3) is 0.789. The Morgan fingerprint density at radius 3 is 1.05 bits per heavy atom. The lowest BCUT2D eigenvalue weighted by molar-refractivity contribution is 0.0667. The normalized spacial score (nSPS) is 12.7. The quantitative estimate of drug-likeness (QED) is 0.0663. The van der Waals surface area contributed by atoms with Crippen LogP contribution >= 0.6 is 0 Å². The first kappa shape index (κ1) is 52.5. The maximum absolute atomic E-state index is 13.2. The van der Waals surface area contributed by atoms with Gasteiger partial charge in [-0.25, -0.2) is 0 Å². The van der Waals surface area contributed by atoms with Crippen molar-refractivity contribution >= 4 is 0 Å². The Bertz CT molecular complexity index is 1170. The summed E-state index contributed by atoms with van der Waals surface area (Å²) in [6, 6.07) is 15.8. The molecule has 2 aromatic rings. The van der Waals surface area contributed by atoms with Crippen LogP contribution in [0.3, 0.4) is 0 Å². The number of aliphatic hydroxyl groups is 1. The second kappa shape index (κ2) is 37.2. The van der Waals surface area contributed by atoms with E-state index in [-0.39, 0.29) is 0 Å². The lowest BCUT2D eigenvalue weighted by Gasteiger charge is -2.34. The van der Waals surface area contributed by atoms with E-state index in [1.807, 2.05) is 0 Å². The van der Waals surface area contributed by atoms with Crippen molar-refractivity contribution in [3.63, 3.8) is 0 Å². The van der Waals surface area contributed by atoms with E-state index in [1.165, 1.54) is 243 Å². The molecule has 0 aliphatic heterocycles. The average Bonchev–Trinajstić information content (AvgIpc) is 3.24. The molecule has 0 radical (unpaired) electrons. The van der Waals surface area contributed by atoms with Crippen LogP contribution in [0.15, 0.2) is 42.5 Å². The molecule has 58 heavy (non-hydrogen) atoms. The van der Waals surface area contributed by atoms with Crippen molar-refractivity contribution in [3.8, 4) is 0 Å². The van der Waals surface area contributed by atoms with E-state index in [0.717, 1.165) is 24.8 Å². The molecular weight excluding hydrogens is 701 g/mol. The van der Waals surface area contributed by atoms with Gasteiger partial charge < -0.3 is 5.11 Å². The van der Waals surface area contributed by atoms with Crippen molar-refractivity contribution in [1.29, 1.82) is 0 Å². The largest absolute Gasteiger partial charge is 0.380 e. The molecule has 1 atom stereocenters. The molecule has 0 aromatic heterocycles. The van der Waals surface area contributed by atoms with Crippen molar-refractivity contribution < 1.29 is 5.11 Å². The molecule has 0 saturated carbocycles. The molecule has 334 valence electrons. The Morgan fingerprint density at radius 2 is 0.655 bits per heavy atom. The highest BCUT2D eigenvalue weighted by atomic mass is 16.3. The predicted molar refractivity (Wildman–Crippen MR) is 261 cm³/mol. The Balaban J connectivity index is 2.33. The Kier molecular flexibility index (Phi) is 33.7. The zero-order valence-corrected chi connectivity index (χ0v) is 39.8. The van der Waals surface area contributed by atoms with Crippen molar-refractivity contribution in [1.82, 2.24) is 0 Å². The van der Waals surface area contributed by atoms with Crippen LogP contribution in [0, 0.1) is 0 Å². The van der Waals surface area contributed by atoms with Crippen LogP contribution in [0.4, 0.5) is 0 Å². The van der Waals surface area contributed by atoms with Crippen LogP contribution in [0.1, 0.15) is 293 Å². The van der Waals surface area contributed by atoms with Gasteiger partial charge in [0, 0.05) is 0 Å². The van der Waals surface area contributed by atoms with Crippen LogP contribution in [0.5, 0.6) is 0 Å². The SMILES string of the molecule is CCCCCCCCCCCc1ccc(C(O)(CCCCCCCCCCC)c2ccccc2)c(CCCCCCCCCCC)c1CCCCCCCCCCC. The zero-order chi connectivity index (χ0) is 41.6. The maximum atomic E-state index is 13.2. The Labute approximate surface area is 364 Å². The third-order valence-corrected chi connectivity index (χ3v) is 13.5. The number of hydrogen-bond acceptors (Lipinski definition) is 1. The number of hydrogen-bond donors (Lipinski definition) is 1. The first-order valence-electron chi connectivity index (χ1n) is 26.5. The number of aryl methyl sites for hydroxylation is 1. The van der Waals surface area contributed by atoms with Crippen molar-refractivity contribution in [3.05, 3.63) is 70.3 Å². The number of rotatable bonds is 42. The van der Waals surface area contributed by atoms with Crippen LogP contribution in [0.2, 0.25) is 0 Å². The van der Waals surface area contributed by atoms with Gasteiger partial charge >= 0.3 is 0 Å². The summed E-state index contributed by atoms with van der Waals surface area (Å²) in [5.41, 5.74) is 6.21. The van der Waals surface area contributed by atoms with Gasteiger partial charge in [0.25, 0.3) is 0 Å². The summed E-state index contributed by atoms with van der Waals surface area (Å²) in [5.74, 6) is 0. The van der Waals surface area contributed by atoms with Gasteiger partial charge in [-0.05, 0) is 79.2 Å². The van der Waals surface area contributed by atoms with Gasteiger partial charge in [-0.1, -0.05) is 276 Å². The number of benzene rings is 2.